The van der Waals surface area contributed by atoms with Crippen molar-refractivity contribution in [3.05, 3.63) is 28.4 Å². The molecule has 3 heterocycles. The van der Waals surface area contributed by atoms with E-state index < -0.39 is 0 Å². The van der Waals surface area contributed by atoms with Crippen LogP contribution in [0, 0.1) is 4.91 Å². The number of imidazole rings is 1. The van der Waals surface area contributed by atoms with Gasteiger partial charge in [-0.2, -0.15) is 0 Å². The molecule has 0 amide bonds. The predicted molar refractivity (Wildman–Crippen MR) is 65.1 cm³/mol. The van der Waals surface area contributed by atoms with E-state index in [1.165, 1.54) is 0 Å². The van der Waals surface area contributed by atoms with Crippen molar-refractivity contribution in [3.8, 4) is 0 Å². The van der Waals surface area contributed by atoms with Gasteiger partial charge in [0.1, 0.15) is 17.2 Å². The Morgan fingerprint density at radius 1 is 1.47 bits per heavy atom. The third kappa shape index (κ3) is 1.49. The highest BCUT2D eigenvalue weighted by Crippen LogP contribution is 2.27. The second-order valence-corrected chi connectivity index (χ2v) is 4.17. The highest BCUT2D eigenvalue weighted by atomic mass is 16.3. The van der Waals surface area contributed by atoms with E-state index in [0.717, 1.165) is 43.0 Å². The van der Waals surface area contributed by atoms with Gasteiger partial charge in [0, 0.05) is 6.54 Å². The number of nitrogens with two attached hydrogens (primary N) is 1. The number of nitrogens with one attached hydrogen (secondary N) is 1. The van der Waals surface area contributed by atoms with Crippen molar-refractivity contribution in [2.75, 3.05) is 12.3 Å². The Balaban J connectivity index is 2.30. The first-order chi connectivity index (χ1) is 8.31. The van der Waals surface area contributed by atoms with Gasteiger partial charge in [-0.3, -0.25) is 4.40 Å². The summed E-state index contributed by atoms with van der Waals surface area (Å²) in [5.41, 5.74) is 9.10. The third-order valence-corrected chi connectivity index (χ3v) is 3.13. The van der Waals surface area contributed by atoms with Crippen LogP contribution >= 0.6 is 0 Å². The Bertz CT molecular complexity index is 589. The van der Waals surface area contributed by atoms with E-state index in [4.69, 9.17) is 5.73 Å². The van der Waals surface area contributed by atoms with Crippen LogP contribution in [0.4, 0.5) is 11.5 Å². The van der Waals surface area contributed by atoms with Crippen molar-refractivity contribution in [2.45, 2.75) is 19.4 Å². The molecule has 0 aliphatic carbocycles. The summed E-state index contributed by atoms with van der Waals surface area (Å²) >= 11 is 0. The maximum atomic E-state index is 10.6. The number of nitroso groups, excluding NO2 is 1. The molecular formula is C11H13N5O. The molecule has 6 heteroatoms. The molecule has 3 rings (SSSR count). The largest absolute Gasteiger partial charge is 0.383 e. The van der Waals surface area contributed by atoms with Gasteiger partial charge in [0.2, 0.25) is 0 Å². The molecule has 0 aromatic carbocycles. The fourth-order valence-corrected chi connectivity index (χ4v) is 2.30. The van der Waals surface area contributed by atoms with Crippen molar-refractivity contribution >= 4 is 17.2 Å². The van der Waals surface area contributed by atoms with E-state index in [-0.39, 0.29) is 5.69 Å². The van der Waals surface area contributed by atoms with Gasteiger partial charge in [-0.05, 0) is 36.7 Å². The maximum absolute atomic E-state index is 10.6. The zero-order valence-corrected chi connectivity index (χ0v) is 9.31. The summed E-state index contributed by atoms with van der Waals surface area (Å²) in [6.07, 6.45) is 2.00. The predicted octanol–water partition coefficient (Wildman–Crippen LogP) is 1.35. The number of hydrogen-bond donors (Lipinski definition) is 2. The first-order valence-corrected chi connectivity index (χ1v) is 5.64. The van der Waals surface area contributed by atoms with E-state index in [9.17, 15) is 4.91 Å². The number of pyridine rings is 1. The fraction of sp³-hybridized carbons (Fsp3) is 0.364. The third-order valence-electron chi connectivity index (χ3n) is 3.13. The van der Waals surface area contributed by atoms with Gasteiger partial charge in [-0.15, -0.1) is 4.91 Å². The Labute approximate surface area is 97.8 Å². The smallest absolute Gasteiger partial charge is 0.148 e. The summed E-state index contributed by atoms with van der Waals surface area (Å²) in [4.78, 5) is 15.2. The van der Waals surface area contributed by atoms with Crippen molar-refractivity contribution < 1.29 is 0 Å². The highest BCUT2D eigenvalue weighted by Gasteiger charge is 2.17. The van der Waals surface area contributed by atoms with E-state index in [2.05, 4.69) is 15.5 Å². The van der Waals surface area contributed by atoms with Crippen molar-refractivity contribution in [2.24, 2.45) is 5.18 Å². The summed E-state index contributed by atoms with van der Waals surface area (Å²) in [5.74, 6) is 0.370. The zero-order chi connectivity index (χ0) is 11.8. The second kappa shape index (κ2) is 3.81. The topological polar surface area (TPSA) is 84.8 Å². The number of nitrogen functional groups attached to an aromatic ring is 1. The zero-order valence-electron chi connectivity index (χ0n) is 9.31. The molecule has 17 heavy (non-hydrogen) atoms. The summed E-state index contributed by atoms with van der Waals surface area (Å²) in [6.45, 7) is 1.70. The second-order valence-electron chi connectivity index (χ2n) is 4.17. The Morgan fingerprint density at radius 3 is 3.18 bits per heavy atom. The van der Waals surface area contributed by atoms with Gasteiger partial charge in [-0.25, -0.2) is 4.98 Å². The van der Waals surface area contributed by atoms with Crippen molar-refractivity contribution in [1.82, 2.24) is 14.7 Å². The van der Waals surface area contributed by atoms with Crippen LogP contribution in [0.2, 0.25) is 0 Å². The minimum atomic E-state index is 0.266. The van der Waals surface area contributed by atoms with E-state index in [1.807, 2.05) is 4.40 Å². The molecule has 1 aliphatic rings. The average molecular weight is 231 g/mol. The molecule has 6 nitrogen and oxygen atoms in total. The van der Waals surface area contributed by atoms with E-state index in [0.29, 0.717) is 5.82 Å². The lowest BCUT2D eigenvalue weighted by Gasteiger charge is -2.06. The number of hydrogen-bond acceptors (Lipinski definition) is 5. The molecule has 0 saturated heterocycles. The van der Waals surface area contributed by atoms with Crippen molar-refractivity contribution in [1.29, 1.82) is 0 Å². The van der Waals surface area contributed by atoms with Crippen LogP contribution < -0.4 is 11.1 Å². The van der Waals surface area contributed by atoms with Gasteiger partial charge < -0.3 is 11.1 Å². The van der Waals surface area contributed by atoms with Crippen LogP contribution in [0.15, 0.2) is 17.3 Å². The molecule has 1 aliphatic heterocycles. The standard InChI is InChI=1S/C11H13N5O/c12-11-8(15-17)3-4-10-14-7-2-1-5-13-6-9(7)16(10)11/h3-4,13H,1-2,5-6,12H2. The van der Waals surface area contributed by atoms with Gasteiger partial charge >= 0.3 is 0 Å². The van der Waals surface area contributed by atoms with Crippen LogP contribution in [-0.4, -0.2) is 15.9 Å². The summed E-state index contributed by atoms with van der Waals surface area (Å²) in [5, 5.41) is 6.25. The molecule has 3 N–H and O–H groups in total. The lowest BCUT2D eigenvalue weighted by Crippen LogP contribution is -2.14. The number of aryl methyl sites for hydroxylation is 1. The Hall–Kier alpha value is -1.95. The van der Waals surface area contributed by atoms with Crippen LogP contribution in [-0.2, 0) is 13.0 Å². The van der Waals surface area contributed by atoms with Gasteiger partial charge in [-0.1, -0.05) is 0 Å². The molecule has 0 unspecified atom stereocenters. The van der Waals surface area contributed by atoms with Gasteiger partial charge in [0.25, 0.3) is 0 Å². The van der Waals surface area contributed by atoms with Crippen molar-refractivity contribution in [3.63, 3.8) is 0 Å². The number of nitrogens with zero attached hydrogens (tertiary/aromatic N) is 3. The van der Waals surface area contributed by atoms with Crippen LogP contribution in [0.25, 0.3) is 5.65 Å². The summed E-state index contributed by atoms with van der Waals surface area (Å²) in [7, 11) is 0. The summed E-state index contributed by atoms with van der Waals surface area (Å²) < 4.78 is 1.82. The fourth-order valence-electron chi connectivity index (χ4n) is 2.30. The molecule has 0 fully saturated rings. The minimum absolute atomic E-state index is 0.266. The molecular weight excluding hydrogens is 218 g/mol. The molecule has 2 aromatic rings. The molecule has 0 bridgehead atoms. The SMILES string of the molecule is Nc1c(N=O)ccc2nc3c(n12)CNCCC3. The molecule has 88 valence electrons. The quantitative estimate of drug-likeness (QED) is 0.725. The normalized spacial score (nSPS) is 15.5. The number of anilines is 1. The molecule has 0 atom stereocenters. The van der Waals surface area contributed by atoms with Crippen LogP contribution in [0.3, 0.4) is 0 Å². The number of fused-ring (bicyclic) bond motifs is 3. The minimum Gasteiger partial charge on any atom is -0.383 e. The average Bonchev–Trinajstić information content (AvgIpc) is 2.53. The molecule has 2 aromatic heterocycles. The van der Waals surface area contributed by atoms with E-state index in [1.54, 1.807) is 12.1 Å². The highest BCUT2D eigenvalue weighted by molar-refractivity contribution is 5.65. The van der Waals surface area contributed by atoms with Gasteiger partial charge in [0.15, 0.2) is 0 Å². The first-order valence-electron chi connectivity index (χ1n) is 5.64. The molecule has 0 saturated carbocycles. The monoisotopic (exact) mass is 231 g/mol. The maximum Gasteiger partial charge on any atom is 0.148 e. The van der Waals surface area contributed by atoms with Gasteiger partial charge in [0.05, 0.1) is 11.4 Å². The van der Waals surface area contributed by atoms with E-state index >= 15 is 0 Å². The summed E-state index contributed by atoms with van der Waals surface area (Å²) in [6, 6.07) is 3.39. The molecule has 0 radical (unpaired) electrons. The van der Waals surface area contributed by atoms with Crippen LogP contribution in [0.1, 0.15) is 17.8 Å². The first kappa shape index (κ1) is 10.2. The molecule has 0 spiro atoms. The number of aromatic nitrogens is 2. The Morgan fingerprint density at radius 2 is 2.35 bits per heavy atom. The Kier molecular flexibility index (Phi) is 2.29. The lowest BCUT2D eigenvalue weighted by molar-refractivity contribution is 0.669. The lowest BCUT2D eigenvalue weighted by atomic mass is 10.2. The number of rotatable bonds is 1. The van der Waals surface area contributed by atoms with Crippen LogP contribution in [0.5, 0.6) is 0 Å².